The van der Waals surface area contributed by atoms with E-state index in [9.17, 15) is 0 Å². The largest absolute Gasteiger partial charge is 0.326 e. The van der Waals surface area contributed by atoms with Crippen LogP contribution in [0.3, 0.4) is 0 Å². The SMILES string of the molecule is Cn1ncc2c(CN)c(Cl)ccc21. The van der Waals surface area contributed by atoms with Crippen molar-refractivity contribution in [2.75, 3.05) is 0 Å². The van der Waals surface area contributed by atoms with Crippen LogP contribution in [0, 0.1) is 0 Å². The molecule has 2 aromatic rings. The van der Waals surface area contributed by atoms with Gasteiger partial charge in [0.15, 0.2) is 0 Å². The Morgan fingerprint density at radius 3 is 3.00 bits per heavy atom. The van der Waals surface area contributed by atoms with Crippen molar-refractivity contribution in [3.63, 3.8) is 0 Å². The van der Waals surface area contributed by atoms with E-state index >= 15 is 0 Å². The van der Waals surface area contributed by atoms with Crippen molar-refractivity contribution >= 4 is 22.5 Å². The summed E-state index contributed by atoms with van der Waals surface area (Å²) >= 11 is 6.00. The number of nitrogens with zero attached hydrogens (tertiary/aromatic N) is 2. The van der Waals surface area contributed by atoms with Crippen LogP contribution in [-0.2, 0) is 13.6 Å². The molecule has 0 atom stereocenters. The van der Waals surface area contributed by atoms with Crippen molar-refractivity contribution in [2.45, 2.75) is 6.54 Å². The van der Waals surface area contributed by atoms with Gasteiger partial charge in [0.05, 0.1) is 11.7 Å². The Morgan fingerprint density at radius 1 is 1.54 bits per heavy atom. The van der Waals surface area contributed by atoms with E-state index in [4.69, 9.17) is 17.3 Å². The van der Waals surface area contributed by atoms with E-state index < -0.39 is 0 Å². The Labute approximate surface area is 81.1 Å². The van der Waals surface area contributed by atoms with Crippen LogP contribution in [0.4, 0.5) is 0 Å². The third-order valence-electron chi connectivity index (χ3n) is 2.19. The lowest BCUT2D eigenvalue weighted by Crippen LogP contribution is -1.98. The van der Waals surface area contributed by atoms with E-state index in [1.807, 2.05) is 23.9 Å². The zero-order chi connectivity index (χ0) is 9.42. The highest BCUT2D eigenvalue weighted by molar-refractivity contribution is 6.32. The summed E-state index contributed by atoms with van der Waals surface area (Å²) in [6.07, 6.45) is 1.80. The molecular formula is C9H10ClN3. The molecule has 1 heterocycles. The van der Waals surface area contributed by atoms with Crippen LogP contribution in [0.15, 0.2) is 18.3 Å². The van der Waals surface area contributed by atoms with Crippen molar-refractivity contribution < 1.29 is 0 Å². The quantitative estimate of drug-likeness (QED) is 0.753. The predicted octanol–water partition coefficient (Wildman–Crippen LogP) is 1.69. The molecule has 0 unspecified atom stereocenters. The Morgan fingerprint density at radius 2 is 2.31 bits per heavy atom. The molecule has 4 heteroatoms. The Hall–Kier alpha value is -1.06. The summed E-state index contributed by atoms with van der Waals surface area (Å²) in [5.74, 6) is 0. The minimum Gasteiger partial charge on any atom is -0.326 e. The fourth-order valence-electron chi connectivity index (χ4n) is 1.47. The van der Waals surface area contributed by atoms with Crippen LogP contribution in [-0.4, -0.2) is 9.78 Å². The average Bonchev–Trinajstić information content (AvgIpc) is 2.48. The summed E-state index contributed by atoms with van der Waals surface area (Å²) in [6, 6.07) is 3.80. The van der Waals surface area contributed by atoms with Gasteiger partial charge in [0.25, 0.3) is 0 Å². The maximum atomic E-state index is 6.00. The van der Waals surface area contributed by atoms with E-state index in [-0.39, 0.29) is 0 Å². The van der Waals surface area contributed by atoms with Gasteiger partial charge in [-0.05, 0) is 17.7 Å². The van der Waals surface area contributed by atoms with Gasteiger partial charge >= 0.3 is 0 Å². The molecule has 0 radical (unpaired) electrons. The molecule has 0 bridgehead atoms. The lowest BCUT2D eigenvalue weighted by atomic mass is 10.1. The molecule has 1 aromatic heterocycles. The summed E-state index contributed by atoms with van der Waals surface area (Å²) in [6.45, 7) is 0.446. The second-order valence-corrected chi connectivity index (χ2v) is 3.34. The minimum atomic E-state index is 0.446. The molecule has 0 aliphatic rings. The van der Waals surface area contributed by atoms with Crippen LogP contribution in [0.25, 0.3) is 10.9 Å². The fraction of sp³-hybridized carbons (Fsp3) is 0.222. The standard InChI is InChI=1S/C9H10ClN3/c1-13-9-3-2-8(10)6(4-11)7(9)5-12-13/h2-3,5H,4,11H2,1H3. The summed E-state index contributed by atoms with van der Waals surface area (Å²) in [5, 5.41) is 5.90. The number of benzene rings is 1. The molecule has 0 fully saturated rings. The molecule has 2 rings (SSSR count). The topological polar surface area (TPSA) is 43.8 Å². The zero-order valence-corrected chi connectivity index (χ0v) is 8.04. The molecule has 0 spiro atoms. The summed E-state index contributed by atoms with van der Waals surface area (Å²) < 4.78 is 1.81. The number of nitrogens with two attached hydrogens (primary N) is 1. The second-order valence-electron chi connectivity index (χ2n) is 2.93. The van der Waals surface area contributed by atoms with Crippen molar-refractivity contribution in [1.82, 2.24) is 9.78 Å². The smallest absolute Gasteiger partial charge is 0.0683 e. The number of aryl methyl sites for hydroxylation is 1. The van der Waals surface area contributed by atoms with Gasteiger partial charge in [-0.25, -0.2) is 0 Å². The Bertz CT molecular complexity index is 447. The van der Waals surface area contributed by atoms with Crippen LogP contribution in [0.2, 0.25) is 5.02 Å². The van der Waals surface area contributed by atoms with Gasteiger partial charge in [0, 0.05) is 24.0 Å². The number of halogens is 1. The normalized spacial score (nSPS) is 11.0. The number of aromatic nitrogens is 2. The molecule has 2 N–H and O–H groups in total. The van der Waals surface area contributed by atoms with Gasteiger partial charge in [-0.15, -0.1) is 0 Å². The highest BCUT2D eigenvalue weighted by atomic mass is 35.5. The number of hydrogen-bond acceptors (Lipinski definition) is 2. The maximum absolute atomic E-state index is 6.00. The van der Waals surface area contributed by atoms with E-state index in [2.05, 4.69) is 5.10 Å². The molecule has 68 valence electrons. The first kappa shape index (κ1) is 8.53. The molecule has 0 aliphatic carbocycles. The van der Waals surface area contributed by atoms with Gasteiger partial charge < -0.3 is 5.73 Å². The molecule has 13 heavy (non-hydrogen) atoms. The zero-order valence-electron chi connectivity index (χ0n) is 7.29. The molecule has 0 aliphatic heterocycles. The monoisotopic (exact) mass is 195 g/mol. The van der Waals surface area contributed by atoms with Crippen molar-refractivity contribution in [1.29, 1.82) is 0 Å². The fourth-order valence-corrected chi connectivity index (χ4v) is 1.71. The Balaban J connectivity index is 2.85. The number of fused-ring (bicyclic) bond motifs is 1. The molecule has 0 saturated carbocycles. The van der Waals surface area contributed by atoms with Crippen molar-refractivity contribution in [3.05, 3.63) is 28.9 Å². The highest BCUT2D eigenvalue weighted by Gasteiger charge is 2.07. The van der Waals surface area contributed by atoms with Crippen LogP contribution in [0.5, 0.6) is 0 Å². The van der Waals surface area contributed by atoms with Crippen LogP contribution < -0.4 is 5.73 Å². The second kappa shape index (κ2) is 3.01. The van der Waals surface area contributed by atoms with Crippen LogP contribution in [0.1, 0.15) is 5.56 Å². The molecule has 1 aromatic carbocycles. The predicted molar refractivity (Wildman–Crippen MR) is 53.6 cm³/mol. The third-order valence-corrected chi connectivity index (χ3v) is 2.54. The first-order chi connectivity index (χ1) is 6.24. The lowest BCUT2D eigenvalue weighted by molar-refractivity contribution is 0.797. The van der Waals surface area contributed by atoms with Gasteiger partial charge in [0.2, 0.25) is 0 Å². The van der Waals surface area contributed by atoms with E-state index in [0.29, 0.717) is 11.6 Å². The van der Waals surface area contributed by atoms with E-state index in [1.54, 1.807) is 6.20 Å². The van der Waals surface area contributed by atoms with Crippen LogP contribution >= 0.6 is 11.6 Å². The van der Waals surface area contributed by atoms with Crippen molar-refractivity contribution in [2.24, 2.45) is 12.8 Å². The van der Waals surface area contributed by atoms with E-state index in [1.165, 1.54) is 0 Å². The molecule has 0 amide bonds. The number of rotatable bonds is 1. The molecule has 0 saturated heterocycles. The van der Waals surface area contributed by atoms with Gasteiger partial charge in [-0.3, -0.25) is 4.68 Å². The Kier molecular flexibility index (Phi) is 1.98. The molecular weight excluding hydrogens is 186 g/mol. The average molecular weight is 196 g/mol. The summed E-state index contributed by atoms with van der Waals surface area (Å²) in [5.41, 5.74) is 7.63. The molecule has 3 nitrogen and oxygen atoms in total. The van der Waals surface area contributed by atoms with Gasteiger partial charge in [-0.1, -0.05) is 11.6 Å². The van der Waals surface area contributed by atoms with E-state index in [0.717, 1.165) is 16.5 Å². The number of hydrogen-bond donors (Lipinski definition) is 1. The first-order valence-electron chi connectivity index (χ1n) is 4.03. The van der Waals surface area contributed by atoms with Gasteiger partial charge in [-0.2, -0.15) is 5.10 Å². The first-order valence-corrected chi connectivity index (χ1v) is 4.41. The third kappa shape index (κ3) is 1.20. The maximum Gasteiger partial charge on any atom is 0.0683 e. The van der Waals surface area contributed by atoms with Crippen molar-refractivity contribution in [3.8, 4) is 0 Å². The summed E-state index contributed by atoms with van der Waals surface area (Å²) in [4.78, 5) is 0. The summed E-state index contributed by atoms with van der Waals surface area (Å²) in [7, 11) is 1.90. The van der Waals surface area contributed by atoms with Gasteiger partial charge in [0.1, 0.15) is 0 Å². The lowest BCUT2D eigenvalue weighted by Gasteiger charge is -2.02. The highest BCUT2D eigenvalue weighted by Crippen LogP contribution is 2.24. The minimum absolute atomic E-state index is 0.446.